The standard InChI is InChI=1S/C13H29NO5/c1-17-9-2-4-14(6-12-19-13-8-16)5-11-18-10-3-7-15/h15-16H,2-13H2,1H3. The Hall–Kier alpha value is -0.240. The Morgan fingerprint density at radius 2 is 1.42 bits per heavy atom. The molecule has 116 valence electrons. The van der Waals surface area contributed by atoms with Gasteiger partial charge in [-0.3, -0.25) is 4.90 Å². The summed E-state index contributed by atoms with van der Waals surface area (Å²) in [4.78, 5) is 2.26. The molecule has 0 radical (unpaired) electrons. The van der Waals surface area contributed by atoms with Crippen LogP contribution in [0.3, 0.4) is 0 Å². The van der Waals surface area contributed by atoms with Crippen molar-refractivity contribution in [3.8, 4) is 0 Å². The zero-order chi connectivity index (χ0) is 14.2. The molecule has 6 nitrogen and oxygen atoms in total. The van der Waals surface area contributed by atoms with E-state index >= 15 is 0 Å². The molecule has 0 aromatic rings. The quantitative estimate of drug-likeness (QED) is 0.402. The zero-order valence-corrected chi connectivity index (χ0v) is 12.1. The molecule has 0 saturated carbocycles. The Morgan fingerprint density at radius 3 is 2.00 bits per heavy atom. The SMILES string of the molecule is COCCCN(CCOCCO)CCOCCCO. The van der Waals surface area contributed by atoms with Crippen LogP contribution in [-0.4, -0.2) is 88.1 Å². The summed E-state index contributed by atoms with van der Waals surface area (Å²) in [5.41, 5.74) is 0. The summed E-state index contributed by atoms with van der Waals surface area (Å²) < 4.78 is 15.7. The number of nitrogens with zero attached hydrogens (tertiary/aromatic N) is 1. The first-order valence-corrected chi connectivity index (χ1v) is 6.93. The van der Waals surface area contributed by atoms with Crippen LogP contribution in [0.2, 0.25) is 0 Å². The van der Waals surface area contributed by atoms with E-state index in [0.717, 1.165) is 32.7 Å². The molecule has 0 unspecified atom stereocenters. The van der Waals surface area contributed by atoms with Crippen molar-refractivity contribution >= 4 is 0 Å². The van der Waals surface area contributed by atoms with Crippen molar-refractivity contribution < 1.29 is 24.4 Å². The maximum atomic E-state index is 8.64. The monoisotopic (exact) mass is 279 g/mol. The minimum Gasteiger partial charge on any atom is -0.396 e. The minimum atomic E-state index is 0.0634. The number of ether oxygens (including phenoxy) is 3. The Kier molecular flexibility index (Phi) is 15.6. The molecular weight excluding hydrogens is 250 g/mol. The summed E-state index contributed by atoms with van der Waals surface area (Å²) in [7, 11) is 1.70. The lowest BCUT2D eigenvalue weighted by molar-refractivity contribution is 0.0539. The lowest BCUT2D eigenvalue weighted by atomic mass is 10.4. The van der Waals surface area contributed by atoms with Crippen molar-refractivity contribution in [2.45, 2.75) is 12.8 Å². The van der Waals surface area contributed by atoms with Crippen LogP contribution in [0.25, 0.3) is 0 Å². The lowest BCUT2D eigenvalue weighted by Crippen LogP contribution is -2.32. The van der Waals surface area contributed by atoms with Gasteiger partial charge >= 0.3 is 0 Å². The first kappa shape index (κ1) is 18.8. The molecule has 0 saturated heterocycles. The molecule has 19 heavy (non-hydrogen) atoms. The fourth-order valence-electron chi connectivity index (χ4n) is 1.59. The van der Waals surface area contributed by atoms with E-state index in [1.54, 1.807) is 7.11 Å². The van der Waals surface area contributed by atoms with Gasteiger partial charge in [-0.2, -0.15) is 0 Å². The van der Waals surface area contributed by atoms with Crippen molar-refractivity contribution in [1.82, 2.24) is 4.90 Å². The average Bonchev–Trinajstić information content (AvgIpc) is 2.42. The second-order valence-electron chi connectivity index (χ2n) is 4.21. The fraction of sp³-hybridized carbons (Fsp3) is 1.00. The highest BCUT2D eigenvalue weighted by Crippen LogP contribution is 1.94. The number of hydrogen-bond acceptors (Lipinski definition) is 6. The topological polar surface area (TPSA) is 71.4 Å². The van der Waals surface area contributed by atoms with Crippen molar-refractivity contribution in [3.63, 3.8) is 0 Å². The van der Waals surface area contributed by atoms with Gasteiger partial charge in [0.2, 0.25) is 0 Å². The number of rotatable bonds is 15. The van der Waals surface area contributed by atoms with Gasteiger partial charge in [-0.15, -0.1) is 0 Å². The molecule has 2 N–H and O–H groups in total. The summed E-state index contributed by atoms with van der Waals surface area (Å²) in [6, 6.07) is 0. The summed E-state index contributed by atoms with van der Waals surface area (Å²) >= 11 is 0. The third kappa shape index (κ3) is 14.0. The zero-order valence-electron chi connectivity index (χ0n) is 12.1. The van der Waals surface area contributed by atoms with E-state index in [1.807, 2.05) is 0 Å². The molecule has 0 atom stereocenters. The predicted molar refractivity (Wildman–Crippen MR) is 73.4 cm³/mol. The van der Waals surface area contributed by atoms with Crippen LogP contribution in [0.15, 0.2) is 0 Å². The van der Waals surface area contributed by atoms with Crippen LogP contribution in [-0.2, 0) is 14.2 Å². The van der Waals surface area contributed by atoms with Crippen molar-refractivity contribution in [2.24, 2.45) is 0 Å². The summed E-state index contributed by atoms with van der Waals surface area (Å²) in [6.07, 6.45) is 1.66. The van der Waals surface area contributed by atoms with Crippen LogP contribution in [0.4, 0.5) is 0 Å². The summed E-state index contributed by atoms with van der Waals surface area (Å²) in [6.45, 7) is 5.86. The van der Waals surface area contributed by atoms with Crippen LogP contribution in [0.1, 0.15) is 12.8 Å². The van der Waals surface area contributed by atoms with Gasteiger partial charge < -0.3 is 24.4 Å². The van der Waals surface area contributed by atoms with E-state index in [1.165, 1.54) is 0 Å². The molecule has 0 aromatic carbocycles. The third-order valence-corrected chi connectivity index (χ3v) is 2.61. The number of hydrogen-bond donors (Lipinski definition) is 2. The Balaban J connectivity index is 3.63. The Morgan fingerprint density at radius 1 is 0.737 bits per heavy atom. The highest BCUT2D eigenvalue weighted by Gasteiger charge is 2.04. The van der Waals surface area contributed by atoms with Gasteiger partial charge in [-0.25, -0.2) is 0 Å². The summed E-state index contributed by atoms with van der Waals surface area (Å²) in [5, 5.41) is 17.3. The van der Waals surface area contributed by atoms with E-state index in [9.17, 15) is 0 Å². The molecule has 0 aliphatic heterocycles. The van der Waals surface area contributed by atoms with Gasteiger partial charge in [-0.1, -0.05) is 0 Å². The van der Waals surface area contributed by atoms with Crippen LogP contribution >= 0.6 is 0 Å². The number of aliphatic hydroxyl groups excluding tert-OH is 2. The third-order valence-electron chi connectivity index (χ3n) is 2.61. The van der Waals surface area contributed by atoms with Crippen molar-refractivity contribution in [1.29, 1.82) is 0 Å². The molecule has 0 aromatic heterocycles. The smallest absolute Gasteiger partial charge is 0.0698 e. The van der Waals surface area contributed by atoms with Gasteiger partial charge in [0, 0.05) is 46.6 Å². The van der Waals surface area contributed by atoms with E-state index in [2.05, 4.69) is 4.90 Å². The molecule has 0 aliphatic rings. The first-order valence-electron chi connectivity index (χ1n) is 6.93. The summed E-state index contributed by atoms with van der Waals surface area (Å²) in [5.74, 6) is 0. The molecule has 0 spiro atoms. The maximum absolute atomic E-state index is 8.64. The van der Waals surface area contributed by atoms with Crippen molar-refractivity contribution in [3.05, 3.63) is 0 Å². The second kappa shape index (κ2) is 15.8. The number of aliphatic hydroxyl groups is 2. The molecule has 0 fully saturated rings. The molecule has 0 amide bonds. The largest absolute Gasteiger partial charge is 0.396 e. The fourth-order valence-corrected chi connectivity index (χ4v) is 1.59. The van der Waals surface area contributed by atoms with E-state index in [0.29, 0.717) is 32.8 Å². The number of methoxy groups -OCH3 is 1. The lowest BCUT2D eigenvalue weighted by Gasteiger charge is -2.22. The van der Waals surface area contributed by atoms with Gasteiger partial charge in [0.1, 0.15) is 0 Å². The van der Waals surface area contributed by atoms with E-state index < -0.39 is 0 Å². The normalized spacial score (nSPS) is 11.4. The van der Waals surface area contributed by atoms with Crippen LogP contribution in [0, 0.1) is 0 Å². The first-order chi connectivity index (χ1) is 9.35. The minimum absolute atomic E-state index is 0.0634. The highest BCUT2D eigenvalue weighted by molar-refractivity contribution is 4.57. The highest BCUT2D eigenvalue weighted by atomic mass is 16.5. The van der Waals surface area contributed by atoms with Gasteiger partial charge in [0.25, 0.3) is 0 Å². The van der Waals surface area contributed by atoms with Gasteiger partial charge in [0.05, 0.1) is 26.4 Å². The van der Waals surface area contributed by atoms with Gasteiger partial charge in [-0.05, 0) is 12.8 Å². The maximum Gasteiger partial charge on any atom is 0.0698 e. The molecule has 0 rings (SSSR count). The Bertz CT molecular complexity index is 171. The molecule has 0 aliphatic carbocycles. The average molecular weight is 279 g/mol. The Labute approximate surface area is 116 Å². The van der Waals surface area contributed by atoms with E-state index in [4.69, 9.17) is 24.4 Å². The van der Waals surface area contributed by atoms with Crippen LogP contribution in [0.5, 0.6) is 0 Å². The predicted octanol–water partition coefficient (Wildman–Crippen LogP) is -0.267. The molecule has 0 heterocycles. The van der Waals surface area contributed by atoms with Crippen molar-refractivity contribution in [2.75, 3.05) is 73.0 Å². The molecular formula is C13H29NO5. The molecule has 6 heteroatoms. The van der Waals surface area contributed by atoms with E-state index in [-0.39, 0.29) is 13.2 Å². The van der Waals surface area contributed by atoms with Gasteiger partial charge in [0.15, 0.2) is 0 Å². The second-order valence-corrected chi connectivity index (χ2v) is 4.21. The molecule has 0 bridgehead atoms. The van der Waals surface area contributed by atoms with Crippen LogP contribution < -0.4 is 0 Å².